The average Bonchev–Trinajstić information content (AvgIpc) is 2.79. The van der Waals surface area contributed by atoms with E-state index >= 15 is 0 Å². The van der Waals surface area contributed by atoms with Crippen molar-refractivity contribution in [3.63, 3.8) is 0 Å². The number of hydrogen-bond donors (Lipinski definition) is 3. The van der Waals surface area contributed by atoms with Crippen LogP contribution in [0.5, 0.6) is 0 Å². The lowest BCUT2D eigenvalue weighted by atomic mass is 10.1. The lowest BCUT2D eigenvalue weighted by Gasteiger charge is -2.10. The molecule has 0 aliphatic carbocycles. The summed E-state index contributed by atoms with van der Waals surface area (Å²) in [6.07, 6.45) is 0.443. The predicted molar refractivity (Wildman–Crippen MR) is 129 cm³/mol. The highest BCUT2D eigenvalue weighted by molar-refractivity contribution is 7.92. The van der Waals surface area contributed by atoms with Crippen molar-refractivity contribution >= 4 is 48.9 Å². The second-order valence-electron chi connectivity index (χ2n) is 7.25. The number of anilines is 1. The number of amides is 1. The number of carbonyl (C=O) groups is 1. The molecule has 184 valence electrons. The minimum atomic E-state index is -4.22. The second-order valence-corrected chi connectivity index (χ2v) is 10.9. The molecule has 0 aromatic heterocycles. The monoisotopic (exact) mass is 538 g/mol. The Balaban J connectivity index is 1.61. The zero-order chi connectivity index (χ0) is 25.8. The normalized spacial score (nSPS) is 11.6. The van der Waals surface area contributed by atoms with Gasteiger partial charge in [-0.3, -0.25) is 19.6 Å². The average molecular weight is 539 g/mol. The molecule has 3 aromatic rings. The number of hydrogen-bond acceptors (Lipinski definition) is 7. The summed E-state index contributed by atoms with van der Waals surface area (Å²) in [6, 6.07) is 14.6. The van der Waals surface area contributed by atoms with E-state index in [4.69, 9.17) is 16.7 Å². The van der Waals surface area contributed by atoms with Crippen molar-refractivity contribution in [2.45, 2.75) is 16.2 Å². The Hall–Kier alpha value is -3.52. The number of sulfonamides is 2. The summed E-state index contributed by atoms with van der Waals surface area (Å²) >= 11 is 5.91. The van der Waals surface area contributed by atoms with Crippen LogP contribution in [0, 0.1) is 10.1 Å². The number of rotatable bonds is 9. The van der Waals surface area contributed by atoms with Gasteiger partial charge in [0.1, 0.15) is 4.90 Å². The van der Waals surface area contributed by atoms with Crippen LogP contribution in [0.4, 0.5) is 11.4 Å². The summed E-state index contributed by atoms with van der Waals surface area (Å²) < 4.78 is 50.1. The van der Waals surface area contributed by atoms with E-state index in [1.807, 2.05) is 0 Å². The summed E-state index contributed by atoms with van der Waals surface area (Å²) in [6.45, 7) is 0.271. The molecular formula is C21H19ClN4O7S2. The second kappa shape index (κ2) is 10.4. The van der Waals surface area contributed by atoms with E-state index in [9.17, 15) is 31.7 Å². The predicted octanol–water partition coefficient (Wildman–Crippen LogP) is 2.67. The van der Waals surface area contributed by atoms with Gasteiger partial charge in [0, 0.05) is 29.9 Å². The number of primary sulfonamides is 1. The van der Waals surface area contributed by atoms with Crippen molar-refractivity contribution in [3.05, 3.63) is 93.0 Å². The molecule has 0 aliphatic heterocycles. The highest BCUT2D eigenvalue weighted by Gasteiger charge is 2.22. The molecule has 0 unspecified atom stereocenters. The summed E-state index contributed by atoms with van der Waals surface area (Å²) in [5, 5.41) is 18.5. The van der Waals surface area contributed by atoms with Gasteiger partial charge in [0.25, 0.3) is 21.6 Å². The number of carbonyl (C=O) groups excluding carboxylic acids is 1. The molecule has 0 bridgehead atoms. The van der Waals surface area contributed by atoms with Crippen LogP contribution < -0.4 is 15.2 Å². The lowest BCUT2D eigenvalue weighted by Crippen LogP contribution is -2.25. The first-order valence-electron chi connectivity index (χ1n) is 9.83. The van der Waals surface area contributed by atoms with Gasteiger partial charge in [0.05, 0.1) is 14.8 Å². The van der Waals surface area contributed by atoms with E-state index in [0.29, 0.717) is 6.42 Å². The molecule has 11 nitrogen and oxygen atoms in total. The zero-order valence-corrected chi connectivity index (χ0v) is 20.2. The van der Waals surface area contributed by atoms with Crippen LogP contribution in [0.2, 0.25) is 5.02 Å². The standard InChI is InChI=1S/C21H19ClN4O7S2/c22-19-10-7-17(26(28)29)13-20(19)35(32,33)25-16-5-3-15(4-6-16)21(27)24-12-11-14-1-8-18(9-2-14)34(23,30)31/h1-10,13,25H,11-12H2,(H,24,27)(H2,23,30,31). The van der Waals surface area contributed by atoms with Crippen LogP contribution in [0.25, 0.3) is 0 Å². The molecule has 0 radical (unpaired) electrons. The van der Waals surface area contributed by atoms with Crippen LogP contribution in [-0.4, -0.2) is 34.2 Å². The zero-order valence-electron chi connectivity index (χ0n) is 17.8. The molecule has 0 atom stereocenters. The van der Waals surface area contributed by atoms with Crippen molar-refractivity contribution in [3.8, 4) is 0 Å². The molecule has 0 heterocycles. The van der Waals surface area contributed by atoms with E-state index in [1.165, 1.54) is 36.4 Å². The van der Waals surface area contributed by atoms with Crippen LogP contribution in [-0.2, 0) is 26.5 Å². The molecule has 3 aromatic carbocycles. The third-order valence-corrected chi connectivity index (χ3v) is 7.56. The number of halogens is 1. The molecule has 4 N–H and O–H groups in total. The maximum atomic E-state index is 12.6. The number of nitrogens with one attached hydrogen (secondary N) is 2. The number of non-ortho nitro benzene ring substituents is 1. The molecule has 1 amide bonds. The van der Waals surface area contributed by atoms with E-state index in [0.717, 1.165) is 23.8 Å². The lowest BCUT2D eigenvalue weighted by molar-refractivity contribution is -0.385. The fraction of sp³-hybridized carbons (Fsp3) is 0.0952. The van der Waals surface area contributed by atoms with E-state index < -0.39 is 41.5 Å². The van der Waals surface area contributed by atoms with Gasteiger partial charge in [0.2, 0.25) is 10.0 Å². The number of nitro benzene ring substituents is 1. The minimum absolute atomic E-state index is 0.00578. The van der Waals surface area contributed by atoms with Crippen molar-refractivity contribution in [2.75, 3.05) is 11.3 Å². The fourth-order valence-electron chi connectivity index (χ4n) is 2.98. The minimum Gasteiger partial charge on any atom is -0.352 e. The van der Waals surface area contributed by atoms with Gasteiger partial charge in [-0.25, -0.2) is 22.0 Å². The molecule has 0 fully saturated rings. The Labute approximate surface area is 206 Å². The van der Waals surface area contributed by atoms with Gasteiger partial charge in [-0.05, 0) is 54.4 Å². The molecule has 0 saturated carbocycles. The van der Waals surface area contributed by atoms with Crippen molar-refractivity contribution < 1.29 is 26.6 Å². The Morgan fingerprint density at radius 2 is 1.60 bits per heavy atom. The molecule has 0 spiro atoms. The molecular weight excluding hydrogens is 520 g/mol. The summed E-state index contributed by atoms with van der Waals surface area (Å²) in [5.41, 5.74) is 0.759. The molecule has 0 aliphatic rings. The van der Waals surface area contributed by atoms with Gasteiger partial charge in [-0.1, -0.05) is 23.7 Å². The van der Waals surface area contributed by atoms with E-state index in [-0.39, 0.29) is 27.7 Å². The molecule has 3 rings (SSSR count). The van der Waals surface area contributed by atoms with Gasteiger partial charge in [0.15, 0.2) is 0 Å². The Morgan fingerprint density at radius 3 is 2.17 bits per heavy atom. The summed E-state index contributed by atoms with van der Waals surface area (Å²) in [5.74, 6) is -0.401. The molecule has 35 heavy (non-hydrogen) atoms. The van der Waals surface area contributed by atoms with Crippen molar-refractivity contribution in [1.29, 1.82) is 0 Å². The van der Waals surface area contributed by atoms with Gasteiger partial charge in [-0.2, -0.15) is 0 Å². The quantitative estimate of drug-likeness (QED) is 0.276. The Kier molecular flexibility index (Phi) is 7.75. The maximum absolute atomic E-state index is 12.6. The van der Waals surface area contributed by atoms with Crippen LogP contribution >= 0.6 is 11.6 Å². The number of nitrogens with two attached hydrogens (primary N) is 1. The first kappa shape index (κ1) is 26.1. The van der Waals surface area contributed by atoms with Crippen LogP contribution in [0.1, 0.15) is 15.9 Å². The third kappa shape index (κ3) is 6.76. The van der Waals surface area contributed by atoms with E-state index in [2.05, 4.69) is 10.0 Å². The van der Waals surface area contributed by atoms with Gasteiger partial charge < -0.3 is 5.32 Å². The number of nitrogens with zero attached hydrogens (tertiary/aromatic N) is 1. The first-order chi connectivity index (χ1) is 16.4. The SMILES string of the molecule is NS(=O)(=O)c1ccc(CCNC(=O)c2ccc(NS(=O)(=O)c3cc([N+](=O)[O-])ccc3Cl)cc2)cc1. The molecule has 0 saturated heterocycles. The van der Waals surface area contributed by atoms with Gasteiger partial charge in [-0.15, -0.1) is 0 Å². The van der Waals surface area contributed by atoms with Crippen LogP contribution in [0.3, 0.4) is 0 Å². The topological polar surface area (TPSA) is 179 Å². The molecule has 14 heteroatoms. The highest BCUT2D eigenvalue weighted by atomic mass is 35.5. The Bertz CT molecular complexity index is 1480. The third-order valence-electron chi connectivity index (χ3n) is 4.77. The maximum Gasteiger partial charge on any atom is 0.270 e. The van der Waals surface area contributed by atoms with Crippen LogP contribution in [0.15, 0.2) is 76.5 Å². The van der Waals surface area contributed by atoms with Crippen molar-refractivity contribution in [2.24, 2.45) is 5.14 Å². The largest absolute Gasteiger partial charge is 0.352 e. The number of benzene rings is 3. The van der Waals surface area contributed by atoms with E-state index in [1.54, 1.807) is 12.1 Å². The first-order valence-corrected chi connectivity index (χ1v) is 13.2. The van der Waals surface area contributed by atoms with Gasteiger partial charge >= 0.3 is 0 Å². The highest BCUT2D eigenvalue weighted by Crippen LogP contribution is 2.28. The Morgan fingerprint density at radius 1 is 0.971 bits per heavy atom. The number of nitro groups is 1. The smallest absolute Gasteiger partial charge is 0.270 e. The van der Waals surface area contributed by atoms with Crippen molar-refractivity contribution in [1.82, 2.24) is 5.32 Å². The summed E-state index contributed by atoms with van der Waals surface area (Å²) in [4.78, 5) is 22.1. The summed E-state index contributed by atoms with van der Waals surface area (Å²) in [7, 11) is -8.00. The fourth-order valence-corrected chi connectivity index (χ4v) is 5.07.